The highest BCUT2D eigenvalue weighted by Crippen LogP contribution is 2.39. The van der Waals surface area contributed by atoms with E-state index in [1.807, 2.05) is 6.92 Å². The van der Waals surface area contributed by atoms with Gasteiger partial charge in [0.1, 0.15) is 11.4 Å². The van der Waals surface area contributed by atoms with Crippen LogP contribution in [0.5, 0.6) is 0 Å². The number of carbonyl (C=O) groups excluding carboxylic acids is 1. The predicted molar refractivity (Wildman–Crippen MR) is 67.1 cm³/mol. The third kappa shape index (κ3) is 2.78. The number of nitrogens with two attached hydrogens (primary N) is 1. The molecule has 1 aliphatic rings. The lowest BCUT2D eigenvalue weighted by Crippen LogP contribution is -2.46. The molecule has 2 atom stereocenters. The van der Waals surface area contributed by atoms with Crippen LogP contribution in [0, 0.1) is 6.92 Å². The van der Waals surface area contributed by atoms with Crippen LogP contribution >= 0.6 is 23.3 Å². The zero-order valence-electron chi connectivity index (χ0n) is 9.80. The van der Waals surface area contributed by atoms with E-state index in [0.29, 0.717) is 18.1 Å². The average Bonchev–Trinajstić information content (AvgIpc) is 2.86. The van der Waals surface area contributed by atoms with Gasteiger partial charge in [0.25, 0.3) is 0 Å². The zero-order valence-corrected chi connectivity index (χ0v) is 11.4. The molecule has 1 aliphatic carbocycles. The molecule has 1 aromatic rings. The molecule has 1 fully saturated rings. The minimum absolute atomic E-state index is 0.311. The molecular weight excluding hydrogens is 258 g/mol. The lowest BCUT2D eigenvalue weighted by atomic mass is 10.00. The van der Waals surface area contributed by atoms with Gasteiger partial charge in [0.15, 0.2) is 4.34 Å². The summed E-state index contributed by atoms with van der Waals surface area (Å²) in [4.78, 5) is 15.9. The Morgan fingerprint density at radius 3 is 3.06 bits per heavy atom. The Morgan fingerprint density at radius 2 is 2.47 bits per heavy atom. The molecule has 17 heavy (non-hydrogen) atoms. The third-order valence-corrected chi connectivity index (χ3v) is 5.02. The summed E-state index contributed by atoms with van der Waals surface area (Å²) in [5.74, 6) is 0.483. The van der Waals surface area contributed by atoms with Crippen molar-refractivity contribution in [1.29, 1.82) is 0 Å². The highest BCUT2D eigenvalue weighted by molar-refractivity contribution is 8.01. The van der Waals surface area contributed by atoms with Gasteiger partial charge < -0.3 is 10.5 Å². The molecule has 2 rings (SSSR count). The number of nitrogens with zero attached hydrogens (tertiary/aromatic N) is 2. The number of aromatic nitrogens is 2. The number of hydrogen-bond donors (Lipinski definition) is 1. The van der Waals surface area contributed by atoms with E-state index in [1.54, 1.807) is 11.8 Å². The van der Waals surface area contributed by atoms with Gasteiger partial charge in [0, 0.05) is 5.25 Å². The number of carbonyl (C=O) groups is 1. The molecular formula is C10H15N3O2S2. The predicted octanol–water partition coefficient (Wildman–Crippen LogP) is 1.36. The van der Waals surface area contributed by atoms with Gasteiger partial charge in [0.2, 0.25) is 0 Å². The van der Waals surface area contributed by atoms with Crippen molar-refractivity contribution in [3.8, 4) is 0 Å². The number of thioether (sulfide) groups is 1. The van der Waals surface area contributed by atoms with Crippen molar-refractivity contribution in [2.75, 3.05) is 7.11 Å². The van der Waals surface area contributed by atoms with Gasteiger partial charge >= 0.3 is 5.97 Å². The Bertz CT molecular complexity index is 423. The number of hydrogen-bond acceptors (Lipinski definition) is 7. The van der Waals surface area contributed by atoms with Crippen molar-refractivity contribution in [2.45, 2.75) is 41.3 Å². The van der Waals surface area contributed by atoms with E-state index in [9.17, 15) is 4.79 Å². The van der Waals surface area contributed by atoms with Crippen LogP contribution in [-0.4, -0.2) is 33.2 Å². The van der Waals surface area contributed by atoms with E-state index < -0.39 is 5.54 Å². The van der Waals surface area contributed by atoms with Crippen LogP contribution in [0.15, 0.2) is 4.34 Å². The van der Waals surface area contributed by atoms with Crippen molar-refractivity contribution in [2.24, 2.45) is 5.73 Å². The molecule has 94 valence electrons. The summed E-state index contributed by atoms with van der Waals surface area (Å²) in [5.41, 5.74) is 5.23. The molecule has 2 unspecified atom stereocenters. The second-order valence-electron chi connectivity index (χ2n) is 4.24. The van der Waals surface area contributed by atoms with Gasteiger partial charge in [-0.05, 0) is 37.7 Å². The van der Waals surface area contributed by atoms with Crippen LogP contribution in [-0.2, 0) is 9.53 Å². The molecule has 0 aromatic carbocycles. The fourth-order valence-corrected chi connectivity index (χ4v) is 4.19. The summed E-state index contributed by atoms with van der Waals surface area (Å²) < 4.78 is 9.82. The molecule has 0 aliphatic heterocycles. The molecule has 1 heterocycles. The smallest absolute Gasteiger partial charge is 0.325 e. The largest absolute Gasteiger partial charge is 0.468 e. The van der Waals surface area contributed by atoms with E-state index in [2.05, 4.69) is 9.36 Å². The first-order valence-corrected chi connectivity index (χ1v) is 7.03. The standard InChI is InChI=1S/C10H15N3O2S2/c1-6-12-9(17-13-6)16-7-3-4-10(11,5-7)8(14)15-2/h7H,3-5,11H2,1-2H3. The van der Waals surface area contributed by atoms with Gasteiger partial charge in [-0.25, -0.2) is 4.98 Å². The first kappa shape index (κ1) is 12.8. The fraction of sp³-hybridized carbons (Fsp3) is 0.700. The topological polar surface area (TPSA) is 78.1 Å². The van der Waals surface area contributed by atoms with Gasteiger partial charge in [-0.1, -0.05) is 11.8 Å². The van der Waals surface area contributed by atoms with E-state index >= 15 is 0 Å². The molecule has 0 saturated heterocycles. The molecule has 0 radical (unpaired) electrons. The van der Waals surface area contributed by atoms with Gasteiger partial charge in [0.05, 0.1) is 7.11 Å². The Balaban J connectivity index is 1.96. The fourth-order valence-electron chi connectivity index (χ4n) is 1.99. The zero-order chi connectivity index (χ0) is 12.5. The highest BCUT2D eigenvalue weighted by Gasteiger charge is 2.43. The highest BCUT2D eigenvalue weighted by atomic mass is 32.2. The second kappa shape index (κ2) is 4.91. The maximum Gasteiger partial charge on any atom is 0.325 e. The molecule has 7 heteroatoms. The van der Waals surface area contributed by atoms with Crippen molar-refractivity contribution in [3.05, 3.63) is 5.82 Å². The molecule has 1 aromatic heterocycles. The quantitative estimate of drug-likeness (QED) is 0.838. The number of ether oxygens (including phenoxy) is 1. The summed E-state index contributed by atoms with van der Waals surface area (Å²) in [5, 5.41) is 0.325. The summed E-state index contributed by atoms with van der Waals surface area (Å²) in [6, 6.07) is 0. The van der Waals surface area contributed by atoms with E-state index in [1.165, 1.54) is 18.6 Å². The third-order valence-electron chi connectivity index (χ3n) is 2.87. The molecule has 2 N–H and O–H groups in total. The molecule has 0 bridgehead atoms. The van der Waals surface area contributed by atoms with Gasteiger partial charge in [-0.3, -0.25) is 4.79 Å². The second-order valence-corrected chi connectivity index (χ2v) is 6.54. The van der Waals surface area contributed by atoms with E-state index in [4.69, 9.17) is 10.5 Å². The van der Waals surface area contributed by atoms with Crippen molar-refractivity contribution in [1.82, 2.24) is 9.36 Å². The number of rotatable bonds is 3. The summed E-state index contributed by atoms with van der Waals surface area (Å²) >= 11 is 3.05. The first-order valence-electron chi connectivity index (χ1n) is 5.38. The van der Waals surface area contributed by atoms with Crippen LogP contribution in [0.2, 0.25) is 0 Å². The number of esters is 1. The van der Waals surface area contributed by atoms with Crippen LogP contribution in [0.25, 0.3) is 0 Å². The molecule has 1 saturated carbocycles. The molecule has 0 spiro atoms. The SMILES string of the molecule is COC(=O)C1(N)CCC(Sc2nc(C)ns2)C1. The Hall–Kier alpha value is -0.660. The summed E-state index contributed by atoms with van der Waals surface area (Å²) in [6.45, 7) is 1.87. The summed E-state index contributed by atoms with van der Waals surface area (Å²) in [7, 11) is 1.38. The van der Waals surface area contributed by atoms with Gasteiger partial charge in [-0.15, -0.1) is 0 Å². The maximum absolute atomic E-state index is 11.6. The average molecular weight is 273 g/mol. The lowest BCUT2D eigenvalue weighted by Gasteiger charge is -2.20. The number of methoxy groups -OCH3 is 1. The van der Waals surface area contributed by atoms with Crippen molar-refractivity contribution < 1.29 is 9.53 Å². The van der Waals surface area contributed by atoms with Crippen LogP contribution in [0.1, 0.15) is 25.1 Å². The normalized spacial score (nSPS) is 28.3. The monoisotopic (exact) mass is 273 g/mol. The van der Waals surface area contributed by atoms with Crippen molar-refractivity contribution in [3.63, 3.8) is 0 Å². The van der Waals surface area contributed by atoms with Crippen LogP contribution in [0.4, 0.5) is 0 Å². The van der Waals surface area contributed by atoms with Gasteiger partial charge in [-0.2, -0.15) is 4.37 Å². The van der Waals surface area contributed by atoms with E-state index in [-0.39, 0.29) is 5.97 Å². The Kier molecular flexibility index (Phi) is 3.70. The van der Waals surface area contributed by atoms with Crippen LogP contribution < -0.4 is 5.73 Å². The Labute approximate surface area is 108 Å². The van der Waals surface area contributed by atoms with E-state index in [0.717, 1.165) is 16.6 Å². The lowest BCUT2D eigenvalue weighted by molar-refractivity contribution is -0.146. The molecule has 0 amide bonds. The minimum Gasteiger partial charge on any atom is -0.468 e. The number of aryl methyl sites for hydroxylation is 1. The summed E-state index contributed by atoms with van der Waals surface area (Å²) in [6.07, 6.45) is 2.23. The minimum atomic E-state index is -0.813. The Morgan fingerprint density at radius 1 is 1.71 bits per heavy atom. The molecule has 5 nitrogen and oxygen atoms in total. The van der Waals surface area contributed by atoms with Crippen LogP contribution in [0.3, 0.4) is 0 Å². The first-order chi connectivity index (χ1) is 8.03. The maximum atomic E-state index is 11.6. The van der Waals surface area contributed by atoms with Crippen molar-refractivity contribution >= 4 is 29.3 Å².